The molecule has 0 aliphatic heterocycles. The first-order valence-electron chi connectivity index (χ1n) is 9.00. The van der Waals surface area contributed by atoms with E-state index < -0.39 is 11.0 Å². The zero-order valence-corrected chi connectivity index (χ0v) is 16.9. The van der Waals surface area contributed by atoms with E-state index in [1.807, 2.05) is 30.3 Å². The minimum Gasteiger partial charge on any atom is -0.229 e. The van der Waals surface area contributed by atoms with Crippen LogP contribution in [0.25, 0.3) is 0 Å². The molecule has 2 nitrogen and oxygen atoms in total. The highest BCUT2D eigenvalue weighted by molar-refractivity contribution is 7.84. The molecule has 1 atom stereocenters. The highest BCUT2D eigenvalue weighted by Gasteiger charge is 2.21. The molecule has 0 saturated carbocycles. The van der Waals surface area contributed by atoms with E-state index in [9.17, 15) is 4.21 Å². The van der Waals surface area contributed by atoms with Crippen molar-refractivity contribution in [1.82, 2.24) is 0 Å². The lowest BCUT2D eigenvalue weighted by atomic mass is 9.89. The smallest absolute Gasteiger partial charge is 0.173 e. The fourth-order valence-electron chi connectivity index (χ4n) is 2.79. The van der Waals surface area contributed by atoms with Gasteiger partial charge >= 0.3 is 0 Å². The molecule has 2 aromatic rings. The van der Waals surface area contributed by atoms with Gasteiger partial charge in [0.1, 0.15) is 0 Å². The molecule has 0 spiro atoms. The lowest BCUT2D eigenvalue weighted by Crippen LogP contribution is -2.07. The minimum atomic E-state index is -1.40. The monoisotopic (exact) mass is 355 g/mol. The largest absolute Gasteiger partial charge is 0.229 e. The lowest BCUT2D eigenvalue weighted by Gasteiger charge is -2.21. The average Bonchev–Trinajstić information content (AvgIpc) is 2.59. The van der Waals surface area contributed by atoms with Crippen molar-refractivity contribution in [2.75, 3.05) is 0 Å². The maximum Gasteiger partial charge on any atom is 0.173 e. The summed E-state index contributed by atoms with van der Waals surface area (Å²) in [5.41, 5.74) is 4.57. The first kappa shape index (κ1) is 19.6. The van der Waals surface area contributed by atoms with Crippen molar-refractivity contribution in [3.8, 4) is 0 Å². The van der Waals surface area contributed by atoms with Crippen molar-refractivity contribution in [2.24, 2.45) is 4.40 Å². The van der Waals surface area contributed by atoms with Crippen LogP contribution in [0.5, 0.6) is 0 Å². The van der Waals surface area contributed by atoms with Gasteiger partial charge in [0.25, 0.3) is 0 Å². The Morgan fingerprint density at radius 2 is 1.36 bits per heavy atom. The van der Waals surface area contributed by atoms with Crippen molar-refractivity contribution in [3.05, 3.63) is 64.7 Å². The summed E-state index contributed by atoms with van der Waals surface area (Å²) < 4.78 is 17.4. The summed E-state index contributed by atoms with van der Waals surface area (Å²) in [7, 11) is -1.40. The fraction of sp³-hybridized carbons (Fsp3) is 0.409. The standard InChI is InChI=1S/C22H29NOS/c1-15(2)19-12-20(16(3)4)22(21(13-19)17(5)6)25(24)23-14-18-10-8-7-9-11-18/h7-17H,1-6H3/b23-14+/t25-/m1/s1. The Morgan fingerprint density at radius 3 is 1.80 bits per heavy atom. The van der Waals surface area contributed by atoms with E-state index in [0.717, 1.165) is 21.6 Å². The zero-order chi connectivity index (χ0) is 18.6. The Balaban J connectivity index is 2.54. The molecule has 0 N–H and O–H groups in total. The Bertz CT molecular complexity index is 732. The van der Waals surface area contributed by atoms with Gasteiger partial charge in [0.15, 0.2) is 11.0 Å². The van der Waals surface area contributed by atoms with E-state index in [0.29, 0.717) is 17.8 Å². The Hall–Kier alpha value is -1.74. The second-order valence-corrected chi connectivity index (χ2v) is 8.50. The molecular formula is C22H29NOS. The normalized spacial score (nSPS) is 13.3. The fourth-order valence-corrected chi connectivity index (χ4v) is 4.11. The van der Waals surface area contributed by atoms with Gasteiger partial charge in [-0.15, -0.1) is 0 Å². The molecule has 2 aromatic carbocycles. The molecule has 0 heterocycles. The summed E-state index contributed by atoms with van der Waals surface area (Å²) in [6, 6.07) is 14.2. The number of nitrogens with zero attached hydrogens (tertiary/aromatic N) is 1. The maximum absolute atomic E-state index is 13.1. The zero-order valence-electron chi connectivity index (χ0n) is 16.1. The molecule has 25 heavy (non-hydrogen) atoms. The van der Waals surface area contributed by atoms with Crippen molar-refractivity contribution < 1.29 is 4.21 Å². The molecule has 0 amide bonds. The van der Waals surface area contributed by atoms with E-state index in [1.54, 1.807) is 6.21 Å². The van der Waals surface area contributed by atoms with Crippen LogP contribution in [0.4, 0.5) is 0 Å². The average molecular weight is 356 g/mol. The Kier molecular flexibility index (Phi) is 6.71. The predicted octanol–water partition coefficient (Wildman–Crippen LogP) is 6.20. The molecule has 0 bridgehead atoms. The van der Waals surface area contributed by atoms with Gasteiger partial charge in [-0.3, -0.25) is 0 Å². The number of hydrogen-bond acceptors (Lipinski definition) is 1. The van der Waals surface area contributed by atoms with E-state index >= 15 is 0 Å². The summed E-state index contributed by atoms with van der Waals surface area (Å²) in [6.07, 6.45) is 1.71. The maximum atomic E-state index is 13.1. The van der Waals surface area contributed by atoms with Gasteiger partial charge in [0, 0.05) is 6.21 Å². The van der Waals surface area contributed by atoms with E-state index in [1.165, 1.54) is 5.56 Å². The van der Waals surface area contributed by atoms with Crippen LogP contribution in [0.15, 0.2) is 51.8 Å². The first-order chi connectivity index (χ1) is 11.8. The van der Waals surface area contributed by atoms with E-state index in [2.05, 4.69) is 58.1 Å². The van der Waals surface area contributed by atoms with Crippen molar-refractivity contribution >= 4 is 17.2 Å². The summed E-state index contributed by atoms with van der Waals surface area (Å²) >= 11 is 0. The molecule has 2 rings (SSSR count). The van der Waals surface area contributed by atoms with Crippen LogP contribution in [0.1, 0.15) is 81.5 Å². The van der Waals surface area contributed by atoms with Crippen LogP contribution in [-0.4, -0.2) is 10.4 Å². The predicted molar refractivity (Wildman–Crippen MR) is 109 cm³/mol. The van der Waals surface area contributed by atoms with Gasteiger partial charge in [-0.2, -0.15) is 4.40 Å². The number of hydrogen-bond donors (Lipinski definition) is 0. The van der Waals surface area contributed by atoms with Gasteiger partial charge in [0.05, 0.1) is 4.90 Å². The van der Waals surface area contributed by atoms with Crippen LogP contribution in [0.3, 0.4) is 0 Å². The van der Waals surface area contributed by atoms with Crippen LogP contribution < -0.4 is 0 Å². The molecule has 0 saturated heterocycles. The van der Waals surface area contributed by atoms with Crippen molar-refractivity contribution in [3.63, 3.8) is 0 Å². The second kappa shape index (κ2) is 8.57. The molecule has 0 fully saturated rings. The van der Waals surface area contributed by atoms with Gasteiger partial charge < -0.3 is 0 Å². The van der Waals surface area contributed by atoms with Crippen LogP contribution in [0, 0.1) is 0 Å². The summed E-state index contributed by atoms with van der Waals surface area (Å²) in [4.78, 5) is 0.890. The highest BCUT2D eigenvalue weighted by Crippen LogP contribution is 2.34. The van der Waals surface area contributed by atoms with Gasteiger partial charge in [-0.05, 0) is 40.0 Å². The molecule has 134 valence electrons. The minimum absolute atomic E-state index is 0.307. The van der Waals surface area contributed by atoms with Crippen molar-refractivity contribution in [1.29, 1.82) is 0 Å². The third kappa shape index (κ3) is 4.88. The van der Waals surface area contributed by atoms with E-state index in [-0.39, 0.29) is 0 Å². The third-order valence-corrected chi connectivity index (χ3v) is 5.47. The molecule has 0 unspecified atom stereocenters. The molecule has 0 aliphatic carbocycles. The van der Waals surface area contributed by atoms with Crippen molar-refractivity contribution in [2.45, 2.75) is 64.2 Å². The second-order valence-electron chi connectivity index (χ2n) is 7.39. The lowest BCUT2D eigenvalue weighted by molar-refractivity contribution is 0.677. The highest BCUT2D eigenvalue weighted by atomic mass is 32.2. The van der Waals surface area contributed by atoms with Gasteiger partial charge in [-0.25, -0.2) is 4.21 Å². The number of benzene rings is 2. The van der Waals surface area contributed by atoms with Gasteiger partial charge in [0.2, 0.25) is 0 Å². The third-order valence-electron chi connectivity index (χ3n) is 4.35. The summed E-state index contributed by atoms with van der Waals surface area (Å²) in [5, 5.41) is 0. The topological polar surface area (TPSA) is 29.4 Å². The Morgan fingerprint density at radius 1 is 0.840 bits per heavy atom. The molecule has 0 aliphatic rings. The number of rotatable bonds is 6. The van der Waals surface area contributed by atoms with Crippen LogP contribution >= 0.6 is 0 Å². The van der Waals surface area contributed by atoms with Crippen LogP contribution in [0.2, 0.25) is 0 Å². The van der Waals surface area contributed by atoms with Crippen LogP contribution in [-0.2, 0) is 11.0 Å². The van der Waals surface area contributed by atoms with E-state index in [4.69, 9.17) is 0 Å². The summed E-state index contributed by atoms with van der Waals surface area (Å²) in [5.74, 6) is 1.06. The quantitative estimate of drug-likeness (QED) is 0.567. The first-order valence-corrected chi connectivity index (χ1v) is 10.1. The Labute approximate surface area is 155 Å². The van der Waals surface area contributed by atoms with Gasteiger partial charge in [-0.1, -0.05) is 84.0 Å². The molecule has 0 aromatic heterocycles. The SMILES string of the molecule is CC(C)c1cc(C(C)C)c([S@@](=O)/N=C/c2ccccc2)c(C(C)C)c1. The molecule has 3 heteroatoms. The molecular weight excluding hydrogens is 326 g/mol. The molecule has 0 radical (unpaired) electrons. The summed E-state index contributed by atoms with van der Waals surface area (Å²) in [6.45, 7) is 13.0.